The van der Waals surface area contributed by atoms with Gasteiger partial charge in [0.25, 0.3) is 5.24 Å². The van der Waals surface area contributed by atoms with Crippen molar-refractivity contribution in [1.29, 1.82) is 0 Å². The first-order valence-corrected chi connectivity index (χ1v) is 25.4. The van der Waals surface area contributed by atoms with Gasteiger partial charge in [-0.25, -0.2) is 0 Å². The van der Waals surface area contributed by atoms with Gasteiger partial charge in [0.2, 0.25) is 0 Å². The molecule has 0 saturated carbocycles. The van der Waals surface area contributed by atoms with Crippen molar-refractivity contribution in [3.63, 3.8) is 0 Å². The van der Waals surface area contributed by atoms with Crippen molar-refractivity contribution in [2.75, 3.05) is 82.2 Å². The lowest BCUT2D eigenvalue weighted by Crippen LogP contribution is -2.17. The highest BCUT2D eigenvalue weighted by atomic mass is 32.3. The van der Waals surface area contributed by atoms with E-state index in [9.17, 15) is 13.2 Å². The second-order valence-electron chi connectivity index (χ2n) is 5.98. The lowest BCUT2D eigenvalue weighted by Gasteiger charge is -2.05. The van der Waals surface area contributed by atoms with Crippen LogP contribution in [-0.2, 0) is 21.6 Å². The molecule has 0 spiro atoms. The van der Waals surface area contributed by atoms with Crippen LogP contribution in [0.4, 0.5) is 4.79 Å². The number of aliphatic hydroxyl groups is 1. The van der Waals surface area contributed by atoms with Crippen LogP contribution in [0, 0.1) is 0 Å². The fourth-order valence-electron chi connectivity index (χ4n) is 1.65. The maximum Gasteiger partial charge on any atom is 0.280 e. The van der Waals surface area contributed by atoms with Gasteiger partial charge >= 0.3 is 0 Å². The van der Waals surface area contributed by atoms with E-state index in [1.165, 1.54) is 22.9 Å². The summed E-state index contributed by atoms with van der Waals surface area (Å²) < 4.78 is 23.2. The molecule has 20 heteroatoms. The maximum atomic E-state index is 11.9. The minimum Gasteiger partial charge on any atom is -0.396 e. The molecule has 0 radical (unpaired) electrons. The quantitative estimate of drug-likeness (QED) is 0.0283. The topological polar surface area (TPSA) is 108 Å². The monoisotopic (exact) mass is 773 g/mol. The van der Waals surface area contributed by atoms with Gasteiger partial charge in [-0.2, -0.15) is 24.4 Å². The first-order chi connectivity index (χ1) is 18.6. The van der Waals surface area contributed by atoms with E-state index in [1.807, 2.05) is 47.0 Å². The molecule has 0 aliphatic carbocycles. The molecule has 7 nitrogen and oxygen atoms in total. The normalized spacial score (nSPS) is 13.4. The van der Waals surface area contributed by atoms with E-state index in [-0.39, 0.29) is 11.8 Å². The molecule has 0 rings (SSSR count). The van der Waals surface area contributed by atoms with Crippen LogP contribution in [0.5, 0.6) is 0 Å². The Morgan fingerprint density at radius 2 is 1.37 bits per heavy atom. The average molecular weight is 774 g/mol. The predicted octanol–water partition coefficient (Wildman–Crippen LogP) is 6.04. The summed E-state index contributed by atoms with van der Waals surface area (Å²) >= 11 is 21.0. The number of aliphatic hydroxyl groups excluding tert-OH is 1. The molecule has 2 atom stereocenters. The lowest BCUT2D eigenvalue weighted by molar-refractivity contribution is 0.262. The number of hydrogen-bond donors (Lipinski definition) is 3. The van der Waals surface area contributed by atoms with E-state index in [4.69, 9.17) is 5.11 Å². The van der Waals surface area contributed by atoms with Crippen LogP contribution in [0.15, 0.2) is 9.98 Å². The van der Waals surface area contributed by atoms with Crippen molar-refractivity contribution < 1.29 is 18.3 Å². The highest BCUT2D eigenvalue weighted by Crippen LogP contribution is 2.24. The molecule has 0 aliphatic heterocycles. The third-order valence-corrected chi connectivity index (χ3v) is 17.7. The minimum atomic E-state index is -1.02. The Bertz CT molecular complexity index is 665. The van der Waals surface area contributed by atoms with E-state index in [1.54, 1.807) is 58.8 Å². The summed E-state index contributed by atoms with van der Waals surface area (Å²) in [5, 5.41) is 18.7. The van der Waals surface area contributed by atoms with Gasteiger partial charge in [-0.15, -0.1) is 94.1 Å². The summed E-state index contributed by atoms with van der Waals surface area (Å²) in [6.45, 7) is 0.162. The van der Waals surface area contributed by atoms with E-state index in [0.29, 0.717) is 34.2 Å². The van der Waals surface area contributed by atoms with Gasteiger partial charge in [0.15, 0.2) is 0 Å². The molecule has 38 heavy (non-hydrogen) atoms. The SMILES string of the molecule is O=C(NCSCSCSCSC/N=C\S(=O)CCSCCO)SCSCSCSCSCS(=O)/C=N\CS. The zero-order valence-electron chi connectivity index (χ0n) is 20.7. The molecule has 0 saturated heterocycles. The fourth-order valence-corrected chi connectivity index (χ4v) is 15.1. The van der Waals surface area contributed by atoms with Crippen LogP contribution in [0.1, 0.15) is 0 Å². The number of carbonyl (C=O) groups excluding carboxylic acids is 1. The first-order valence-electron chi connectivity index (χ1n) is 10.7. The zero-order valence-corrected chi connectivity index (χ0v) is 31.4. The van der Waals surface area contributed by atoms with E-state index < -0.39 is 21.6 Å². The van der Waals surface area contributed by atoms with Crippen molar-refractivity contribution >= 4 is 168 Å². The summed E-state index contributed by atoms with van der Waals surface area (Å²) in [6, 6.07) is 0. The lowest BCUT2D eigenvalue weighted by atomic mass is 10.9. The predicted molar refractivity (Wildman–Crippen MR) is 202 cm³/mol. The number of hydrogen-bond acceptors (Lipinski definition) is 17. The van der Waals surface area contributed by atoms with Crippen molar-refractivity contribution in [3.05, 3.63) is 0 Å². The molecule has 0 bridgehead atoms. The molecule has 0 aromatic heterocycles. The fraction of sp³-hybridized carbons (Fsp3) is 0.833. The van der Waals surface area contributed by atoms with Crippen molar-refractivity contribution in [1.82, 2.24) is 5.32 Å². The molecule has 0 aromatic carbocycles. The Kier molecular flexibility index (Phi) is 37.1. The number of nitrogens with zero attached hydrogens (tertiary/aromatic N) is 2. The van der Waals surface area contributed by atoms with E-state index in [2.05, 4.69) is 27.9 Å². The minimum absolute atomic E-state index is 0.0244. The van der Waals surface area contributed by atoms with Crippen LogP contribution < -0.4 is 5.32 Å². The highest BCUT2D eigenvalue weighted by Gasteiger charge is 2.02. The van der Waals surface area contributed by atoms with Crippen LogP contribution >= 0.6 is 130 Å². The molecule has 0 aliphatic rings. The zero-order chi connectivity index (χ0) is 27.9. The second-order valence-corrected chi connectivity index (χ2v) is 21.9. The Hall–Kier alpha value is 2.92. The van der Waals surface area contributed by atoms with Gasteiger partial charge in [0.05, 0.1) is 62.0 Å². The van der Waals surface area contributed by atoms with Gasteiger partial charge in [-0.3, -0.25) is 23.2 Å². The Morgan fingerprint density at radius 1 is 0.763 bits per heavy atom. The summed E-state index contributed by atoms with van der Waals surface area (Å²) in [7, 11) is -2.02. The molecular weight excluding hydrogens is 739 g/mol. The molecular formula is C18H35N3O4S13. The number of thiol groups is 1. The van der Waals surface area contributed by atoms with E-state index >= 15 is 0 Å². The van der Waals surface area contributed by atoms with Crippen molar-refractivity contribution in [2.45, 2.75) is 0 Å². The third kappa shape index (κ3) is 33.4. The number of amides is 1. The molecule has 1 amide bonds. The van der Waals surface area contributed by atoms with E-state index in [0.717, 1.165) is 41.3 Å². The van der Waals surface area contributed by atoms with Gasteiger partial charge in [-0.05, 0) is 0 Å². The molecule has 224 valence electrons. The highest BCUT2D eigenvalue weighted by molar-refractivity contribution is 8.30. The molecule has 0 heterocycles. The van der Waals surface area contributed by atoms with Crippen LogP contribution in [0.2, 0.25) is 0 Å². The largest absolute Gasteiger partial charge is 0.396 e. The van der Waals surface area contributed by atoms with Crippen molar-refractivity contribution in [3.8, 4) is 0 Å². The average Bonchev–Trinajstić information content (AvgIpc) is 2.91. The molecule has 0 fully saturated rings. The van der Waals surface area contributed by atoms with Gasteiger partial charge < -0.3 is 10.4 Å². The van der Waals surface area contributed by atoms with Crippen LogP contribution in [-0.4, -0.2) is 112 Å². The molecule has 2 unspecified atom stereocenters. The Morgan fingerprint density at radius 3 is 2.05 bits per heavy atom. The number of rotatable bonds is 28. The Labute approximate surface area is 280 Å². The van der Waals surface area contributed by atoms with Crippen LogP contribution in [0.25, 0.3) is 0 Å². The molecule has 2 N–H and O–H groups in total. The standard InChI is InChI=1S/C18H35N3O4S13/c22-1-2-27-3-4-37(24)9-20-6-28-10-30-12-31-11-29-7-21-18(23)36-16-34-14-32-13-33-15-35-17-38(25)8-19-5-26/h8-9,22,26H,1-7,10-17H2,(H,21,23)/b19-8-,20-9-. The van der Waals surface area contributed by atoms with Gasteiger partial charge in [0, 0.05) is 52.9 Å². The number of thioether (sulfide) groups is 10. The number of carbonyl (C=O) groups is 1. The molecule has 0 aromatic rings. The van der Waals surface area contributed by atoms with Gasteiger partial charge in [-0.1, -0.05) is 11.8 Å². The maximum absolute atomic E-state index is 11.9. The summed E-state index contributed by atoms with van der Waals surface area (Å²) in [5.74, 6) is 3.67. The summed E-state index contributed by atoms with van der Waals surface area (Å²) in [4.78, 5) is 19.9. The van der Waals surface area contributed by atoms with Crippen LogP contribution in [0.3, 0.4) is 0 Å². The number of aliphatic imine (C=N–C) groups is 2. The summed E-state index contributed by atoms with van der Waals surface area (Å²) in [6.07, 6.45) is 0. The summed E-state index contributed by atoms with van der Waals surface area (Å²) in [5.41, 5.74) is 2.99. The second kappa shape index (κ2) is 34.4. The first kappa shape index (κ1) is 40.9. The van der Waals surface area contributed by atoms with Gasteiger partial charge in [0.1, 0.15) is 0 Å². The Balaban J connectivity index is 3.32. The smallest absolute Gasteiger partial charge is 0.280 e. The third-order valence-electron chi connectivity index (χ3n) is 3.09. The number of nitrogens with one attached hydrogen (secondary N) is 1. The van der Waals surface area contributed by atoms with Crippen molar-refractivity contribution in [2.24, 2.45) is 9.98 Å².